The maximum atomic E-state index is 12.0. The summed E-state index contributed by atoms with van der Waals surface area (Å²) in [6.07, 6.45) is -0.989. The lowest BCUT2D eigenvalue weighted by Crippen LogP contribution is -2.30. The second-order valence-corrected chi connectivity index (χ2v) is 4.78. The standard InChI is InChI=1S/C15H19NO4/c1-9-4-5-10(2)12(8-9)13(17)6-7-14(18)20-11(3)15(16)19/h4-5,8,11H,6-7H2,1-3H3,(H2,16,19)/t11-/m0/s1. The molecule has 1 amide bonds. The fraction of sp³-hybridized carbons (Fsp3) is 0.400. The van der Waals surface area contributed by atoms with Crippen molar-refractivity contribution in [3.8, 4) is 0 Å². The van der Waals surface area contributed by atoms with Gasteiger partial charge in [-0.25, -0.2) is 0 Å². The van der Waals surface area contributed by atoms with Gasteiger partial charge in [0.25, 0.3) is 5.91 Å². The minimum absolute atomic E-state index is 0.0502. The van der Waals surface area contributed by atoms with Gasteiger partial charge in [0.1, 0.15) is 0 Å². The summed E-state index contributed by atoms with van der Waals surface area (Å²) in [6, 6.07) is 5.60. The lowest BCUT2D eigenvalue weighted by Gasteiger charge is -2.10. The van der Waals surface area contributed by atoms with Crippen molar-refractivity contribution in [3.05, 3.63) is 34.9 Å². The van der Waals surface area contributed by atoms with Crippen LogP contribution in [0, 0.1) is 13.8 Å². The summed E-state index contributed by atoms with van der Waals surface area (Å²) in [5.41, 5.74) is 7.46. The number of primary amides is 1. The Labute approximate surface area is 118 Å². The smallest absolute Gasteiger partial charge is 0.307 e. The van der Waals surface area contributed by atoms with E-state index >= 15 is 0 Å². The molecule has 0 fully saturated rings. The van der Waals surface area contributed by atoms with Crippen LogP contribution < -0.4 is 5.73 Å². The highest BCUT2D eigenvalue weighted by molar-refractivity contribution is 5.99. The van der Waals surface area contributed by atoms with E-state index < -0.39 is 18.0 Å². The summed E-state index contributed by atoms with van der Waals surface area (Å²) in [7, 11) is 0. The van der Waals surface area contributed by atoms with E-state index in [2.05, 4.69) is 0 Å². The van der Waals surface area contributed by atoms with E-state index in [0.717, 1.165) is 11.1 Å². The van der Waals surface area contributed by atoms with Gasteiger partial charge in [0, 0.05) is 12.0 Å². The maximum Gasteiger partial charge on any atom is 0.307 e. The zero-order chi connectivity index (χ0) is 15.3. The molecule has 0 saturated carbocycles. The van der Waals surface area contributed by atoms with Gasteiger partial charge < -0.3 is 10.5 Å². The van der Waals surface area contributed by atoms with E-state index in [9.17, 15) is 14.4 Å². The van der Waals surface area contributed by atoms with Crippen LogP contribution in [-0.2, 0) is 14.3 Å². The van der Waals surface area contributed by atoms with Crippen LogP contribution in [0.25, 0.3) is 0 Å². The van der Waals surface area contributed by atoms with Crippen LogP contribution in [-0.4, -0.2) is 23.8 Å². The predicted octanol–water partition coefficient (Wildman–Crippen LogP) is 1.68. The lowest BCUT2D eigenvalue weighted by atomic mass is 9.99. The first-order valence-corrected chi connectivity index (χ1v) is 6.40. The SMILES string of the molecule is Cc1ccc(C)c(C(=O)CCC(=O)O[C@@H](C)C(N)=O)c1. The molecule has 5 nitrogen and oxygen atoms in total. The van der Waals surface area contributed by atoms with E-state index in [1.54, 1.807) is 6.07 Å². The Hall–Kier alpha value is -2.17. The van der Waals surface area contributed by atoms with Gasteiger partial charge in [-0.1, -0.05) is 17.7 Å². The number of carbonyl (C=O) groups is 3. The van der Waals surface area contributed by atoms with Crippen molar-refractivity contribution in [1.29, 1.82) is 0 Å². The summed E-state index contributed by atoms with van der Waals surface area (Å²) in [4.78, 5) is 34.3. The van der Waals surface area contributed by atoms with Gasteiger partial charge in [0.15, 0.2) is 11.9 Å². The van der Waals surface area contributed by atoms with Crippen LogP contribution in [0.4, 0.5) is 0 Å². The third-order valence-corrected chi connectivity index (χ3v) is 2.96. The van der Waals surface area contributed by atoms with Gasteiger partial charge in [-0.15, -0.1) is 0 Å². The number of amides is 1. The van der Waals surface area contributed by atoms with Crippen molar-refractivity contribution >= 4 is 17.7 Å². The summed E-state index contributed by atoms with van der Waals surface area (Å²) < 4.78 is 4.79. The zero-order valence-corrected chi connectivity index (χ0v) is 11.9. The monoisotopic (exact) mass is 277 g/mol. The van der Waals surface area contributed by atoms with Gasteiger partial charge in [-0.05, 0) is 32.4 Å². The Morgan fingerprint density at radius 2 is 1.85 bits per heavy atom. The first kappa shape index (κ1) is 15.9. The topological polar surface area (TPSA) is 86.5 Å². The number of aryl methyl sites for hydroxylation is 2. The number of ketones is 1. The van der Waals surface area contributed by atoms with Gasteiger partial charge in [0.05, 0.1) is 6.42 Å². The molecule has 1 atom stereocenters. The van der Waals surface area contributed by atoms with Crippen LogP contribution >= 0.6 is 0 Å². The first-order valence-electron chi connectivity index (χ1n) is 6.40. The molecule has 0 aliphatic carbocycles. The first-order chi connectivity index (χ1) is 9.31. The quantitative estimate of drug-likeness (QED) is 0.633. The molecular weight excluding hydrogens is 258 g/mol. The molecule has 0 aliphatic rings. The average Bonchev–Trinajstić information content (AvgIpc) is 2.38. The van der Waals surface area contributed by atoms with Gasteiger partial charge >= 0.3 is 5.97 Å². The van der Waals surface area contributed by atoms with E-state index in [1.165, 1.54) is 6.92 Å². The van der Waals surface area contributed by atoms with Crippen molar-refractivity contribution < 1.29 is 19.1 Å². The summed E-state index contributed by atoms with van der Waals surface area (Å²) in [5, 5.41) is 0. The molecule has 108 valence electrons. The number of nitrogens with two attached hydrogens (primary N) is 1. The van der Waals surface area contributed by atoms with Gasteiger partial charge in [-0.2, -0.15) is 0 Å². The van der Waals surface area contributed by atoms with Crippen molar-refractivity contribution in [2.75, 3.05) is 0 Å². The summed E-state index contributed by atoms with van der Waals surface area (Å²) in [5.74, 6) is -1.43. The van der Waals surface area contributed by atoms with E-state index in [1.807, 2.05) is 26.0 Å². The summed E-state index contributed by atoms with van der Waals surface area (Å²) >= 11 is 0. The molecule has 20 heavy (non-hydrogen) atoms. The van der Waals surface area contributed by atoms with Crippen LogP contribution in [0.1, 0.15) is 41.3 Å². The third kappa shape index (κ3) is 4.50. The van der Waals surface area contributed by atoms with Crippen LogP contribution in [0.5, 0.6) is 0 Å². The fourth-order valence-corrected chi connectivity index (χ4v) is 1.70. The van der Waals surface area contributed by atoms with Crippen LogP contribution in [0.2, 0.25) is 0 Å². The lowest BCUT2D eigenvalue weighted by molar-refractivity contribution is -0.153. The molecule has 0 saturated heterocycles. The van der Waals surface area contributed by atoms with Crippen LogP contribution in [0.15, 0.2) is 18.2 Å². The molecule has 0 heterocycles. The average molecular weight is 277 g/mol. The Kier molecular flexibility index (Phi) is 5.43. The predicted molar refractivity (Wildman–Crippen MR) is 74.2 cm³/mol. The largest absolute Gasteiger partial charge is 0.453 e. The van der Waals surface area contributed by atoms with Crippen molar-refractivity contribution in [3.63, 3.8) is 0 Å². The molecule has 1 aromatic rings. The molecule has 0 aliphatic heterocycles. The third-order valence-electron chi connectivity index (χ3n) is 2.96. The molecule has 1 rings (SSSR count). The minimum Gasteiger partial charge on any atom is -0.453 e. The second kappa shape index (κ2) is 6.84. The number of benzene rings is 1. The molecule has 1 aromatic carbocycles. The number of hydrogen-bond acceptors (Lipinski definition) is 4. The van der Waals surface area contributed by atoms with E-state index in [4.69, 9.17) is 10.5 Å². The normalized spacial score (nSPS) is 11.8. The highest BCUT2D eigenvalue weighted by Gasteiger charge is 2.16. The molecule has 0 unspecified atom stereocenters. The molecule has 0 spiro atoms. The molecule has 0 bridgehead atoms. The summed E-state index contributed by atoms with van der Waals surface area (Å²) in [6.45, 7) is 5.14. The Morgan fingerprint density at radius 1 is 1.20 bits per heavy atom. The number of esters is 1. The Morgan fingerprint density at radius 3 is 2.45 bits per heavy atom. The molecule has 0 aromatic heterocycles. The highest BCUT2D eigenvalue weighted by Crippen LogP contribution is 2.14. The number of rotatable bonds is 6. The van der Waals surface area contributed by atoms with Gasteiger partial charge in [-0.3, -0.25) is 14.4 Å². The van der Waals surface area contributed by atoms with E-state index in [0.29, 0.717) is 5.56 Å². The number of ether oxygens (including phenoxy) is 1. The van der Waals surface area contributed by atoms with Crippen molar-refractivity contribution in [2.24, 2.45) is 5.73 Å². The zero-order valence-electron chi connectivity index (χ0n) is 11.9. The van der Waals surface area contributed by atoms with E-state index in [-0.39, 0.29) is 18.6 Å². The Balaban J connectivity index is 2.57. The Bertz CT molecular complexity index is 537. The van der Waals surface area contributed by atoms with Gasteiger partial charge in [0.2, 0.25) is 0 Å². The van der Waals surface area contributed by atoms with Crippen LogP contribution in [0.3, 0.4) is 0 Å². The number of Topliss-reactive ketones (excluding diaryl/α,β-unsaturated/α-hetero) is 1. The minimum atomic E-state index is -0.974. The molecule has 5 heteroatoms. The second-order valence-electron chi connectivity index (χ2n) is 4.78. The molecule has 0 radical (unpaired) electrons. The molecular formula is C15H19NO4. The fourth-order valence-electron chi connectivity index (χ4n) is 1.70. The van der Waals surface area contributed by atoms with Crippen molar-refractivity contribution in [2.45, 2.75) is 39.7 Å². The highest BCUT2D eigenvalue weighted by atomic mass is 16.5. The van der Waals surface area contributed by atoms with Crippen molar-refractivity contribution in [1.82, 2.24) is 0 Å². The number of hydrogen-bond donors (Lipinski definition) is 1. The number of carbonyl (C=O) groups excluding carboxylic acids is 3. The maximum absolute atomic E-state index is 12.0. The molecule has 2 N–H and O–H groups in total.